The maximum absolute atomic E-state index is 12.5. The smallest absolute Gasteiger partial charge is 0.341 e. The first-order chi connectivity index (χ1) is 11.0. The topological polar surface area (TPSA) is 114 Å². The van der Waals surface area contributed by atoms with Gasteiger partial charge in [0.1, 0.15) is 0 Å². The van der Waals surface area contributed by atoms with Gasteiger partial charge in [-0.15, -0.1) is 12.4 Å². The Hall–Kier alpha value is -2.00. The minimum Gasteiger partial charge on any atom is -0.467 e. The van der Waals surface area contributed by atoms with Crippen LogP contribution in [0.1, 0.15) is 26.7 Å². The van der Waals surface area contributed by atoms with E-state index in [1.54, 1.807) is 0 Å². The highest BCUT2D eigenvalue weighted by atomic mass is 35.5. The molecule has 136 valence electrons. The van der Waals surface area contributed by atoms with Crippen LogP contribution in [-0.4, -0.2) is 53.4 Å². The van der Waals surface area contributed by atoms with E-state index < -0.39 is 12.1 Å². The summed E-state index contributed by atoms with van der Waals surface area (Å²) in [5, 5.41) is 8.99. The van der Waals surface area contributed by atoms with E-state index in [0.29, 0.717) is 19.5 Å². The molecule has 0 spiro atoms. The zero-order valence-electron chi connectivity index (χ0n) is 14.0. The number of hydrazine groups is 1. The molecule has 3 amide bonds. The van der Waals surface area contributed by atoms with Crippen LogP contribution in [0.15, 0.2) is 10.6 Å². The standard InChI is InChI=1S/C14H23N5O4.ClH/c1-4-9(2)12(15)13(20)18-6-5-7-19(18)14(21)16-10-8-11(22-3)23-17-10;/h8-9,12H,4-7,15H2,1-3H3,(H,16,17,21);1H/t9-,12-;/m0./s1. The van der Waals surface area contributed by atoms with E-state index in [1.807, 2.05) is 13.8 Å². The molecule has 1 aromatic heterocycles. The van der Waals surface area contributed by atoms with Crippen LogP contribution >= 0.6 is 12.4 Å². The lowest BCUT2D eigenvalue weighted by molar-refractivity contribution is -0.142. The van der Waals surface area contributed by atoms with Crippen LogP contribution in [0.3, 0.4) is 0 Å². The van der Waals surface area contributed by atoms with Gasteiger partial charge in [0.05, 0.1) is 19.2 Å². The van der Waals surface area contributed by atoms with Crippen LogP contribution in [0.2, 0.25) is 0 Å². The molecule has 0 aromatic carbocycles. The van der Waals surface area contributed by atoms with Gasteiger partial charge in [0.15, 0.2) is 5.82 Å². The maximum Gasteiger partial charge on any atom is 0.341 e. The second-order valence-electron chi connectivity index (χ2n) is 5.51. The molecule has 0 bridgehead atoms. The Bertz CT molecular complexity index is 567. The Morgan fingerprint density at radius 3 is 2.71 bits per heavy atom. The summed E-state index contributed by atoms with van der Waals surface area (Å²) in [5.74, 6) is 0.211. The first-order valence-corrected chi connectivity index (χ1v) is 7.64. The number of ether oxygens (including phenoxy) is 1. The summed E-state index contributed by atoms with van der Waals surface area (Å²) < 4.78 is 9.69. The molecule has 1 aliphatic heterocycles. The normalized spacial score (nSPS) is 16.3. The van der Waals surface area contributed by atoms with E-state index in [4.69, 9.17) is 15.0 Å². The van der Waals surface area contributed by atoms with Crippen molar-refractivity contribution in [2.75, 3.05) is 25.5 Å². The number of nitrogens with two attached hydrogens (primary N) is 1. The predicted molar refractivity (Wildman–Crippen MR) is 89.8 cm³/mol. The Morgan fingerprint density at radius 2 is 2.12 bits per heavy atom. The predicted octanol–water partition coefficient (Wildman–Crippen LogP) is 1.46. The van der Waals surface area contributed by atoms with E-state index in [0.717, 1.165) is 6.42 Å². The molecule has 0 saturated carbocycles. The van der Waals surface area contributed by atoms with Gasteiger partial charge in [0.25, 0.3) is 5.91 Å². The minimum absolute atomic E-state index is 0. The number of hydrogen-bond acceptors (Lipinski definition) is 6. The molecule has 9 nitrogen and oxygen atoms in total. The number of methoxy groups -OCH3 is 1. The van der Waals surface area contributed by atoms with Crippen molar-refractivity contribution in [2.45, 2.75) is 32.7 Å². The Balaban J connectivity index is 0.00000288. The van der Waals surface area contributed by atoms with E-state index >= 15 is 0 Å². The molecule has 1 aliphatic rings. The fourth-order valence-electron chi connectivity index (χ4n) is 2.31. The Kier molecular flexibility index (Phi) is 7.30. The van der Waals surface area contributed by atoms with Crippen molar-refractivity contribution in [1.29, 1.82) is 0 Å². The van der Waals surface area contributed by atoms with Crippen molar-refractivity contribution in [3.8, 4) is 5.95 Å². The van der Waals surface area contributed by atoms with Crippen molar-refractivity contribution in [1.82, 2.24) is 15.2 Å². The summed E-state index contributed by atoms with van der Waals surface area (Å²) in [7, 11) is 1.43. The SMILES string of the molecule is CC[C@H](C)[C@H](N)C(=O)N1CCCN1C(=O)Nc1cc(OC)on1.Cl. The molecule has 0 aliphatic carbocycles. The Morgan fingerprint density at radius 1 is 1.46 bits per heavy atom. The monoisotopic (exact) mass is 361 g/mol. The van der Waals surface area contributed by atoms with Crippen molar-refractivity contribution in [2.24, 2.45) is 11.7 Å². The van der Waals surface area contributed by atoms with Crippen LogP contribution in [-0.2, 0) is 4.79 Å². The van der Waals surface area contributed by atoms with E-state index in [9.17, 15) is 9.59 Å². The number of halogens is 1. The molecule has 2 rings (SSSR count). The highest BCUT2D eigenvalue weighted by molar-refractivity contribution is 5.91. The maximum atomic E-state index is 12.5. The van der Waals surface area contributed by atoms with Crippen LogP contribution in [0.25, 0.3) is 0 Å². The third-order valence-electron chi connectivity index (χ3n) is 3.99. The number of carbonyl (C=O) groups is 2. The summed E-state index contributed by atoms with van der Waals surface area (Å²) in [4.78, 5) is 24.8. The lowest BCUT2D eigenvalue weighted by Crippen LogP contribution is -2.53. The third-order valence-corrected chi connectivity index (χ3v) is 3.99. The lowest BCUT2D eigenvalue weighted by Gasteiger charge is -2.31. The first kappa shape index (κ1) is 20.0. The van der Waals surface area contributed by atoms with Crippen molar-refractivity contribution in [3.05, 3.63) is 6.07 Å². The van der Waals surface area contributed by atoms with Gasteiger partial charge in [-0.25, -0.2) is 14.8 Å². The van der Waals surface area contributed by atoms with Gasteiger partial charge in [-0.1, -0.05) is 25.4 Å². The lowest BCUT2D eigenvalue weighted by atomic mass is 9.99. The van der Waals surface area contributed by atoms with Crippen LogP contribution in [0.4, 0.5) is 10.6 Å². The number of hydrogen-bond donors (Lipinski definition) is 2. The van der Waals surface area contributed by atoms with E-state index in [-0.39, 0.29) is 36.0 Å². The summed E-state index contributed by atoms with van der Waals surface area (Å²) in [6.45, 7) is 4.81. The van der Waals surface area contributed by atoms with Crippen LogP contribution < -0.4 is 15.8 Å². The number of nitrogens with one attached hydrogen (secondary N) is 1. The summed E-state index contributed by atoms with van der Waals surface area (Å²) in [6, 6.07) is 0.370. The number of nitrogens with zero attached hydrogens (tertiary/aromatic N) is 3. The molecule has 3 N–H and O–H groups in total. The molecule has 1 aromatic rings. The first-order valence-electron chi connectivity index (χ1n) is 7.64. The molecule has 24 heavy (non-hydrogen) atoms. The number of carbonyl (C=O) groups excluding carboxylic acids is 2. The third kappa shape index (κ3) is 4.30. The van der Waals surface area contributed by atoms with Gasteiger partial charge < -0.3 is 15.0 Å². The van der Waals surface area contributed by atoms with Crippen molar-refractivity contribution >= 4 is 30.2 Å². The highest BCUT2D eigenvalue weighted by Gasteiger charge is 2.35. The van der Waals surface area contributed by atoms with Crippen LogP contribution in [0, 0.1) is 5.92 Å². The second kappa shape index (κ2) is 8.74. The van der Waals surface area contributed by atoms with E-state index in [1.165, 1.54) is 23.2 Å². The van der Waals surface area contributed by atoms with Gasteiger partial charge in [-0.3, -0.25) is 10.1 Å². The molecule has 0 unspecified atom stereocenters. The molecule has 0 radical (unpaired) electrons. The average molecular weight is 362 g/mol. The Labute approximate surface area is 146 Å². The quantitative estimate of drug-likeness (QED) is 0.820. The van der Waals surface area contributed by atoms with Crippen molar-refractivity contribution in [3.63, 3.8) is 0 Å². The number of anilines is 1. The molecule has 2 atom stereocenters. The summed E-state index contributed by atoms with van der Waals surface area (Å²) >= 11 is 0. The van der Waals surface area contributed by atoms with Gasteiger partial charge in [-0.05, 0) is 12.3 Å². The van der Waals surface area contributed by atoms with Gasteiger partial charge >= 0.3 is 12.0 Å². The number of urea groups is 1. The zero-order chi connectivity index (χ0) is 17.0. The van der Waals surface area contributed by atoms with E-state index in [2.05, 4.69) is 10.5 Å². The zero-order valence-corrected chi connectivity index (χ0v) is 14.8. The highest BCUT2D eigenvalue weighted by Crippen LogP contribution is 2.19. The average Bonchev–Trinajstić information content (AvgIpc) is 3.21. The minimum atomic E-state index is -0.624. The van der Waals surface area contributed by atoms with Crippen LogP contribution in [0.5, 0.6) is 5.95 Å². The number of aromatic nitrogens is 1. The number of rotatable bonds is 5. The molecule has 2 heterocycles. The molecule has 1 fully saturated rings. The molecular formula is C14H24ClN5O4. The second-order valence-corrected chi connectivity index (χ2v) is 5.51. The largest absolute Gasteiger partial charge is 0.467 e. The van der Waals surface area contributed by atoms with Gasteiger partial charge in [0.2, 0.25) is 0 Å². The fraction of sp³-hybridized carbons (Fsp3) is 0.643. The van der Waals surface area contributed by atoms with Gasteiger partial charge in [0, 0.05) is 13.1 Å². The number of amides is 3. The summed E-state index contributed by atoms with van der Waals surface area (Å²) in [5.41, 5.74) is 5.99. The summed E-state index contributed by atoms with van der Waals surface area (Å²) in [6.07, 6.45) is 1.50. The van der Waals surface area contributed by atoms with Gasteiger partial charge in [-0.2, -0.15) is 0 Å². The molecule has 1 saturated heterocycles. The van der Waals surface area contributed by atoms with Crippen molar-refractivity contribution < 1.29 is 18.8 Å². The fourth-order valence-corrected chi connectivity index (χ4v) is 2.31. The molecule has 10 heteroatoms. The molecular weight excluding hydrogens is 338 g/mol.